The molecule has 0 unspecified atom stereocenters. The molecule has 0 aliphatic heterocycles. The molecule has 0 amide bonds. The van der Waals surface area contributed by atoms with E-state index in [9.17, 15) is 20.4 Å². The molecule has 0 spiro atoms. The van der Waals surface area contributed by atoms with Crippen molar-refractivity contribution in [1.82, 2.24) is 0 Å². The third-order valence-electron chi connectivity index (χ3n) is 6.82. The van der Waals surface area contributed by atoms with E-state index in [1.165, 1.54) is 70.6 Å². The zero-order valence-corrected chi connectivity index (χ0v) is 26.4. The Hall–Kier alpha value is -0.440. The van der Waals surface area contributed by atoms with Gasteiger partial charge in [-0.05, 0) is 12.8 Å². The molecule has 0 saturated heterocycles. The van der Waals surface area contributed by atoms with Gasteiger partial charge in [-0.2, -0.15) is 0 Å². The summed E-state index contributed by atoms with van der Waals surface area (Å²) < 4.78 is 32.7. The van der Waals surface area contributed by atoms with Gasteiger partial charge in [0.1, 0.15) is 24.4 Å². The number of unbranched alkanes of at least 4 members (excludes halogenated alkanes) is 11. The lowest BCUT2D eigenvalue weighted by molar-refractivity contribution is -0.129. The highest BCUT2D eigenvalue weighted by Crippen LogP contribution is 2.12. The molecule has 5 N–H and O–H groups in total. The van der Waals surface area contributed by atoms with Crippen LogP contribution in [-0.4, -0.2) is 136 Å². The third kappa shape index (κ3) is 28.3. The fourth-order valence-corrected chi connectivity index (χ4v) is 4.16. The van der Waals surface area contributed by atoms with E-state index in [2.05, 4.69) is 6.92 Å². The zero-order valence-electron chi connectivity index (χ0n) is 26.4. The lowest BCUT2D eigenvalue weighted by atomic mass is 10.0. The normalized spacial score (nSPS) is 14.7. The average molecular weight is 613 g/mol. The van der Waals surface area contributed by atoms with Gasteiger partial charge in [0, 0.05) is 19.8 Å². The van der Waals surface area contributed by atoms with Crippen LogP contribution in [0.1, 0.15) is 90.4 Å². The van der Waals surface area contributed by atoms with Gasteiger partial charge < -0.3 is 54.0 Å². The lowest BCUT2D eigenvalue weighted by Gasteiger charge is -2.25. The number of aliphatic hydroxyl groups is 5. The van der Waals surface area contributed by atoms with Gasteiger partial charge in [-0.15, -0.1) is 0 Å². The van der Waals surface area contributed by atoms with Gasteiger partial charge in [0.05, 0.1) is 66.1 Å². The van der Waals surface area contributed by atoms with Crippen LogP contribution in [0.3, 0.4) is 0 Å². The standard InChI is InChI=1S/C31H64O11/c1-2-3-4-5-6-7-8-9-10-11-12-13-15-37-18-20-39-22-24-41-25-23-40-21-19-38-16-14-17-42-27-29(34)31(36)30(35)28(33)26-32/h28-36H,2-27H2,1H3/t28-,29+,30-,31-/m1/s1. The van der Waals surface area contributed by atoms with Crippen molar-refractivity contribution in [2.24, 2.45) is 0 Å². The second kappa shape index (κ2) is 33.5. The van der Waals surface area contributed by atoms with E-state index >= 15 is 0 Å². The van der Waals surface area contributed by atoms with Gasteiger partial charge in [0.25, 0.3) is 0 Å². The summed E-state index contributed by atoms with van der Waals surface area (Å²) in [6, 6.07) is 0. The Labute approximate surface area is 254 Å². The quantitative estimate of drug-likeness (QED) is 0.0671. The first-order valence-corrected chi connectivity index (χ1v) is 16.3. The molecule has 0 aliphatic rings. The molecule has 0 rings (SSSR count). The second-order valence-corrected chi connectivity index (χ2v) is 10.7. The molecule has 0 fully saturated rings. The van der Waals surface area contributed by atoms with Gasteiger partial charge in [0.2, 0.25) is 0 Å². The Morgan fingerprint density at radius 1 is 0.381 bits per heavy atom. The van der Waals surface area contributed by atoms with Crippen molar-refractivity contribution in [1.29, 1.82) is 0 Å². The Balaban J connectivity index is 3.18. The maximum absolute atomic E-state index is 9.74. The van der Waals surface area contributed by atoms with Crippen LogP contribution in [0.2, 0.25) is 0 Å². The summed E-state index contributed by atoms with van der Waals surface area (Å²) >= 11 is 0. The van der Waals surface area contributed by atoms with Gasteiger partial charge in [0.15, 0.2) is 0 Å². The van der Waals surface area contributed by atoms with Gasteiger partial charge in [-0.25, -0.2) is 0 Å². The van der Waals surface area contributed by atoms with E-state index in [0.29, 0.717) is 72.5 Å². The van der Waals surface area contributed by atoms with Crippen LogP contribution in [0, 0.1) is 0 Å². The highest BCUT2D eigenvalue weighted by atomic mass is 16.6. The smallest absolute Gasteiger partial charge is 0.111 e. The van der Waals surface area contributed by atoms with Gasteiger partial charge >= 0.3 is 0 Å². The number of hydrogen-bond acceptors (Lipinski definition) is 11. The van der Waals surface area contributed by atoms with Crippen molar-refractivity contribution in [2.75, 3.05) is 85.9 Å². The summed E-state index contributed by atoms with van der Waals surface area (Å²) in [6.45, 7) is 7.02. The number of hydrogen-bond donors (Lipinski definition) is 5. The zero-order chi connectivity index (χ0) is 30.9. The summed E-state index contributed by atoms with van der Waals surface area (Å²) in [7, 11) is 0. The van der Waals surface area contributed by atoms with Crippen molar-refractivity contribution < 1.29 is 54.0 Å². The Kier molecular flexibility index (Phi) is 33.1. The van der Waals surface area contributed by atoms with Gasteiger partial charge in [-0.3, -0.25) is 0 Å². The average Bonchev–Trinajstić information content (AvgIpc) is 3.00. The fraction of sp³-hybridized carbons (Fsp3) is 1.00. The number of ether oxygens (including phenoxy) is 6. The molecule has 4 atom stereocenters. The molecule has 0 aromatic heterocycles. The van der Waals surface area contributed by atoms with E-state index < -0.39 is 31.0 Å². The molecule has 0 bridgehead atoms. The minimum atomic E-state index is -1.65. The van der Waals surface area contributed by atoms with E-state index in [0.717, 1.165) is 13.0 Å². The van der Waals surface area contributed by atoms with Crippen LogP contribution in [0.25, 0.3) is 0 Å². The van der Waals surface area contributed by atoms with Crippen molar-refractivity contribution in [3.05, 3.63) is 0 Å². The monoisotopic (exact) mass is 612 g/mol. The first-order chi connectivity index (χ1) is 20.5. The molecule has 11 nitrogen and oxygen atoms in total. The van der Waals surface area contributed by atoms with E-state index in [1.807, 2.05) is 0 Å². The number of aliphatic hydroxyl groups excluding tert-OH is 5. The summed E-state index contributed by atoms with van der Waals surface area (Å²) in [5.41, 5.74) is 0. The minimum Gasteiger partial charge on any atom is -0.394 e. The Morgan fingerprint density at radius 2 is 0.714 bits per heavy atom. The molecule has 0 aliphatic carbocycles. The second-order valence-electron chi connectivity index (χ2n) is 10.7. The topological polar surface area (TPSA) is 157 Å². The molecule has 0 aromatic rings. The van der Waals surface area contributed by atoms with Crippen LogP contribution in [-0.2, 0) is 28.4 Å². The maximum Gasteiger partial charge on any atom is 0.111 e. The van der Waals surface area contributed by atoms with Crippen LogP contribution in [0.4, 0.5) is 0 Å². The highest BCUT2D eigenvalue weighted by molar-refractivity contribution is 4.80. The summed E-state index contributed by atoms with van der Waals surface area (Å²) in [4.78, 5) is 0. The Morgan fingerprint density at radius 3 is 1.14 bits per heavy atom. The van der Waals surface area contributed by atoms with E-state index in [-0.39, 0.29) is 6.61 Å². The predicted octanol–water partition coefficient (Wildman–Crippen LogP) is 2.61. The number of rotatable bonds is 35. The first kappa shape index (κ1) is 41.6. The van der Waals surface area contributed by atoms with E-state index in [1.54, 1.807) is 0 Å². The lowest BCUT2D eigenvalue weighted by Crippen LogP contribution is -2.47. The molecule has 254 valence electrons. The maximum atomic E-state index is 9.74. The highest BCUT2D eigenvalue weighted by Gasteiger charge is 2.29. The molecule has 11 heteroatoms. The molecule has 42 heavy (non-hydrogen) atoms. The largest absolute Gasteiger partial charge is 0.394 e. The summed E-state index contributed by atoms with van der Waals surface area (Å²) in [5, 5.41) is 47.0. The van der Waals surface area contributed by atoms with Crippen molar-refractivity contribution in [3.63, 3.8) is 0 Å². The third-order valence-corrected chi connectivity index (χ3v) is 6.82. The van der Waals surface area contributed by atoms with Crippen LogP contribution in [0.5, 0.6) is 0 Å². The minimum absolute atomic E-state index is 0.211. The summed E-state index contributed by atoms with van der Waals surface area (Å²) in [5.74, 6) is 0. The SMILES string of the molecule is CCCCCCCCCCCCCCOCCOCCOCCOCCOCCCOC[C@H](O)[C@@H](O)[C@H](O)[C@H](O)CO. The van der Waals surface area contributed by atoms with Crippen LogP contribution in [0.15, 0.2) is 0 Å². The molecule has 0 aromatic carbocycles. The molecular weight excluding hydrogens is 548 g/mol. The van der Waals surface area contributed by atoms with Gasteiger partial charge in [-0.1, -0.05) is 77.6 Å². The summed E-state index contributed by atoms with van der Waals surface area (Å²) in [6.07, 6.45) is 10.6. The van der Waals surface area contributed by atoms with Crippen molar-refractivity contribution in [3.8, 4) is 0 Å². The predicted molar refractivity (Wildman–Crippen MR) is 162 cm³/mol. The van der Waals surface area contributed by atoms with Crippen molar-refractivity contribution >= 4 is 0 Å². The fourth-order valence-electron chi connectivity index (χ4n) is 4.16. The van der Waals surface area contributed by atoms with E-state index in [4.69, 9.17) is 33.5 Å². The van der Waals surface area contributed by atoms with Crippen LogP contribution >= 0.6 is 0 Å². The van der Waals surface area contributed by atoms with Crippen molar-refractivity contribution in [2.45, 2.75) is 115 Å². The molecule has 0 radical (unpaired) electrons. The van der Waals surface area contributed by atoms with Crippen LogP contribution < -0.4 is 0 Å². The molecule has 0 heterocycles. The first-order valence-electron chi connectivity index (χ1n) is 16.3. The Bertz CT molecular complexity index is 515. The molecular formula is C31H64O11. The molecule has 0 saturated carbocycles.